The van der Waals surface area contributed by atoms with E-state index >= 15 is 0 Å². The average molecular weight is 270 g/mol. The van der Waals surface area contributed by atoms with Gasteiger partial charge in [-0.1, -0.05) is 38.1 Å². The molecule has 0 aliphatic carbocycles. The normalized spacial score (nSPS) is 12.8. The molecule has 0 spiro atoms. The van der Waals surface area contributed by atoms with Gasteiger partial charge in [-0.2, -0.15) is 0 Å². The summed E-state index contributed by atoms with van der Waals surface area (Å²) in [4.78, 5) is 0. The van der Waals surface area contributed by atoms with Crippen LogP contribution in [0, 0.1) is 0 Å². The van der Waals surface area contributed by atoms with Gasteiger partial charge < -0.3 is 9.88 Å². The SMILES string of the molecule is CCn1ccc(CNC(C)c2ccc(C(C)C)cc2)c1. The number of aryl methyl sites for hydroxylation is 1. The second-order valence-corrected chi connectivity index (χ2v) is 5.77. The van der Waals surface area contributed by atoms with Gasteiger partial charge in [-0.15, -0.1) is 0 Å². The fourth-order valence-corrected chi connectivity index (χ4v) is 2.35. The van der Waals surface area contributed by atoms with Gasteiger partial charge in [-0.25, -0.2) is 0 Å². The van der Waals surface area contributed by atoms with Crippen molar-refractivity contribution in [1.82, 2.24) is 9.88 Å². The van der Waals surface area contributed by atoms with Crippen LogP contribution < -0.4 is 5.32 Å². The summed E-state index contributed by atoms with van der Waals surface area (Å²) in [7, 11) is 0. The Morgan fingerprint density at radius 2 is 1.65 bits per heavy atom. The number of aromatic nitrogens is 1. The summed E-state index contributed by atoms with van der Waals surface area (Å²) in [5.74, 6) is 0.598. The predicted molar refractivity (Wildman–Crippen MR) is 85.9 cm³/mol. The lowest BCUT2D eigenvalue weighted by molar-refractivity contribution is 0.573. The molecule has 0 aliphatic rings. The fraction of sp³-hybridized carbons (Fsp3) is 0.444. The van der Waals surface area contributed by atoms with Crippen LogP contribution in [0.3, 0.4) is 0 Å². The molecule has 2 aromatic rings. The molecular weight excluding hydrogens is 244 g/mol. The third kappa shape index (κ3) is 3.73. The van der Waals surface area contributed by atoms with E-state index in [-0.39, 0.29) is 0 Å². The Morgan fingerprint density at radius 1 is 1.00 bits per heavy atom. The van der Waals surface area contributed by atoms with Crippen molar-refractivity contribution in [2.75, 3.05) is 0 Å². The number of nitrogens with one attached hydrogen (secondary N) is 1. The molecule has 2 rings (SSSR count). The van der Waals surface area contributed by atoms with E-state index in [1.54, 1.807) is 0 Å². The Bertz CT molecular complexity index is 523. The Hall–Kier alpha value is -1.54. The van der Waals surface area contributed by atoms with Crippen LogP contribution in [0.1, 0.15) is 56.3 Å². The zero-order chi connectivity index (χ0) is 14.5. The Balaban J connectivity index is 1.92. The van der Waals surface area contributed by atoms with Gasteiger partial charge in [0.2, 0.25) is 0 Å². The maximum Gasteiger partial charge on any atom is 0.0294 e. The van der Waals surface area contributed by atoms with Crippen LogP contribution >= 0.6 is 0 Å². The van der Waals surface area contributed by atoms with Crippen LogP contribution in [0.4, 0.5) is 0 Å². The van der Waals surface area contributed by atoms with Crippen LogP contribution in [0.25, 0.3) is 0 Å². The van der Waals surface area contributed by atoms with Crippen LogP contribution in [-0.4, -0.2) is 4.57 Å². The van der Waals surface area contributed by atoms with Crippen molar-refractivity contribution in [3.63, 3.8) is 0 Å². The second-order valence-electron chi connectivity index (χ2n) is 5.77. The Kier molecular flexibility index (Phi) is 5.02. The smallest absolute Gasteiger partial charge is 0.0294 e. The molecule has 20 heavy (non-hydrogen) atoms. The summed E-state index contributed by atoms with van der Waals surface area (Å²) in [5, 5.41) is 3.59. The van der Waals surface area contributed by atoms with Crippen LogP contribution in [0.15, 0.2) is 42.7 Å². The van der Waals surface area contributed by atoms with Gasteiger partial charge in [0.15, 0.2) is 0 Å². The van der Waals surface area contributed by atoms with Crippen LogP contribution in [0.5, 0.6) is 0 Å². The van der Waals surface area contributed by atoms with Crippen molar-refractivity contribution in [2.24, 2.45) is 0 Å². The molecule has 2 heteroatoms. The zero-order valence-corrected chi connectivity index (χ0v) is 13.1. The van der Waals surface area contributed by atoms with E-state index in [1.807, 2.05) is 0 Å². The molecule has 2 nitrogen and oxygen atoms in total. The zero-order valence-electron chi connectivity index (χ0n) is 13.1. The number of hydrogen-bond acceptors (Lipinski definition) is 1. The molecule has 0 aliphatic heterocycles. The molecule has 0 fully saturated rings. The quantitative estimate of drug-likeness (QED) is 0.818. The van der Waals surface area contributed by atoms with Gasteiger partial charge in [0.25, 0.3) is 0 Å². The molecular formula is C18H26N2. The van der Waals surface area contributed by atoms with Crippen molar-refractivity contribution in [1.29, 1.82) is 0 Å². The fourth-order valence-electron chi connectivity index (χ4n) is 2.35. The third-order valence-corrected chi connectivity index (χ3v) is 3.89. The number of hydrogen-bond donors (Lipinski definition) is 1. The minimum Gasteiger partial charge on any atom is -0.354 e. The van der Waals surface area contributed by atoms with Crippen molar-refractivity contribution in [3.8, 4) is 0 Å². The maximum absolute atomic E-state index is 3.59. The molecule has 1 N–H and O–H groups in total. The lowest BCUT2D eigenvalue weighted by Crippen LogP contribution is -2.17. The van der Waals surface area contributed by atoms with E-state index in [4.69, 9.17) is 0 Å². The Labute approximate surface area is 122 Å². The lowest BCUT2D eigenvalue weighted by Gasteiger charge is -2.15. The van der Waals surface area contributed by atoms with E-state index < -0.39 is 0 Å². The van der Waals surface area contributed by atoms with Gasteiger partial charge in [-0.05, 0) is 42.5 Å². The molecule has 0 radical (unpaired) electrons. The van der Waals surface area contributed by atoms with Crippen molar-refractivity contribution in [2.45, 2.75) is 52.7 Å². The van der Waals surface area contributed by atoms with E-state index in [9.17, 15) is 0 Å². The van der Waals surface area contributed by atoms with E-state index in [2.05, 4.69) is 80.3 Å². The summed E-state index contributed by atoms with van der Waals surface area (Å²) in [5.41, 5.74) is 4.10. The molecule has 1 heterocycles. The molecule has 0 amide bonds. The highest BCUT2D eigenvalue weighted by molar-refractivity contribution is 5.26. The highest BCUT2D eigenvalue weighted by Crippen LogP contribution is 2.18. The lowest BCUT2D eigenvalue weighted by atomic mass is 9.99. The van der Waals surface area contributed by atoms with E-state index in [0.29, 0.717) is 12.0 Å². The Morgan fingerprint density at radius 3 is 2.20 bits per heavy atom. The predicted octanol–water partition coefficient (Wildman–Crippen LogP) is 4.48. The van der Waals surface area contributed by atoms with Crippen LogP contribution in [0.2, 0.25) is 0 Å². The first-order chi connectivity index (χ1) is 9.60. The van der Waals surface area contributed by atoms with Crippen molar-refractivity contribution < 1.29 is 0 Å². The standard InChI is InChI=1S/C18H26N2/c1-5-20-11-10-16(13-20)12-19-15(4)18-8-6-17(7-9-18)14(2)3/h6-11,13-15,19H,5,12H2,1-4H3. The molecule has 1 unspecified atom stereocenters. The van der Waals surface area contributed by atoms with E-state index in [0.717, 1.165) is 13.1 Å². The maximum atomic E-state index is 3.59. The second kappa shape index (κ2) is 6.76. The van der Waals surface area contributed by atoms with Gasteiger partial charge >= 0.3 is 0 Å². The molecule has 108 valence electrons. The van der Waals surface area contributed by atoms with Gasteiger partial charge in [-0.3, -0.25) is 0 Å². The summed E-state index contributed by atoms with van der Waals surface area (Å²) >= 11 is 0. The first kappa shape index (κ1) is 14.9. The minimum absolute atomic E-state index is 0.376. The highest BCUT2D eigenvalue weighted by Gasteiger charge is 2.06. The summed E-state index contributed by atoms with van der Waals surface area (Å²) in [6, 6.07) is 11.5. The summed E-state index contributed by atoms with van der Waals surface area (Å²) in [6.45, 7) is 10.8. The van der Waals surface area contributed by atoms with Gasteiger partial charge in [0.05, 0.1) is 0 Å². The van der Waals surface area contributed by atoms with Crippen LogP contribution in [-0.2, 0) is 13.1 Å². The molecule has 0 saturated heterocycles. The van der Waals surface area contributed by atoms with Gasteiger partial charge in [0.1, 0.15) is 0 Å². The number of benzene rings is 1. The third-order valence-electron chi connectivity index (χ3n) is 3.89. The summed E-state index contributed by atoms with van der Waals surface area (Å²) in [6.07, 6.45) is 4.35. The first-order valence-corrected chi connectivity index (χ1v) is 7.58. The molecule has 0 bridgehead atoms. The molecule has 1 aromatic heterocycles. The topological polar surface area (TPSA) is 17.0 Å². The minimum atomic E-state index is 0.376. The van der Waals surface area contributed by atoms with Crippen molar-refractivity contribution in [3.05, 3.63) is 59.4 Å². The highest BCUT2D eigenvalue weighted by atomic mass is 14.9. The molecule has 1 atom stereocenters. The monoisotopic (exact) mass is 270 g/mol. The number of nitrogens with zero attached hydrogens (tertiary/aromatic N) is 1. The summed E-state index contributed by atoms with van der Waals surface area (Å²) < 4.78 is 2.21. The first-order valence-electron chi connectivity index (χ1n) is 7.58. The van der Waals surface area contributed by atoms with E-state index in [1.165, 1.54) is 16.7 Å². The average Bonchev–Trinajstić information content (AvgIpc) is 2.93. The van der Waals surface area contributed by atoms with Gasteiger partial charge in [0, 0.05) is 31.5 Å². The molecule has 1 aromatic carbocycles. The molecule has 0 saturated carbocycles. The largest absolute Gasteiger partial charge is 0.354 e. The van der Waals surface area contributed by atoms with Crippen molar-refractivity contribution >= 4 is 0 Å². The number of rotatable bonds is 6.